The maximum atomic E-state index is 5.93. The summed E-state index contributed by atoms with van der Waals surface area (Å²) in [5.74, 6) is 0. The Bertz CT molecular complexity index is 325. The van der Waals surface area contributed by atoms with Gasteiger partial charge in [0, 0.05) is 5.56 Å². The molecule has 1 heterocycles. The van der Waals surface area contributed by atoms with Crippen LogP contribution in [0.5, 0.6) is 0 Å². The summed E-state index contributed by atoms with van der Waals surface area (Å²) >= 11 is 0. The molecule has 1 saturated heterocycles. The van der Waals surface area contributed by atoms with E-state index in [9.17, 15) is 0 Å². The van der Waals surface area contributed by atoms with Gasteiger partial charge in [0.1, 0.15) is 0 Å². The summed E-state index contributed by atoms with van der Waals surface area (Å²) in [5, 5.41) is 0. The van der Waals surface area contributed by atoms with Crippen molar-refractivity contribution in [3.8, 4) is 0 Å². The van der Waals surface area contributed by atoms with Crippen LogP contribution in [-0.4, -0.2) is 11.2 Å². The van der Waals surface area contributed by atoms with Crippen LogP contribution in [0.3, 0.4) is 0 Å². The van der Waals surface area contributed by atoms with Crippen LogP contribution < -0.4 is 0 Å². The van der Waals surface area contributed by atoms with E-state index in [0.717, 1.165) is 5.56 Å². The molecule has 0 aromatic heterocycles. The third-order valence-corrected chi connectivity index (χ3v) is 3.32. The molecule has 0 saturated carbocycles. The lowest BCUT2D eigenvalue weighted by atomic mass is 9.90. The zero-order valence-corrected chi connectivity index (χ0v) is 9.78. The molecule has 2 heteroatoms. The molecule has 0 bridgehead atoms. The van der Waals surface area contributed by atoms with Gasteiger partial charge in [0.25, 0.3) is 0 Å². The van der Waals surface area contributed by atoms with E-state index < -0.39 is 0 Å². The van der Waals surface area contributed by atoms with Gasteiger partial charge in [-0.2, -0.15) is 0 Å². The third kappa shape index (κ3) is 1.80. The molecule has 0 spiro atoms. The number of ether oxygens (including phenoxy) is 2. The minimum absolute atomic E-state index is 0.240. The number of hydrogen-bond acceptors (Lipinski definition) is 2. The van der Waals surface area contributed by atoms with Gasteiger partial charge in [-0.1, -0.05) is 30.3 Å². The number of benzene rings is 1. The predicted octanol–water partition coefficient (Wildman–Crippen LogP) is 3.29. The Kier molecular flexibility index (Phi) is 2.36. The first-order valence-corrected chi connectivity index (χ1v) is 5.33. The van der Waals surface area contributed by atoms with E-state index in [2.05, 4.69) is 27.7 Å². The second-order valence-corrected chi connectivity index (χ2v) is 5.00. The second-order valence-electron chi connectivity index (χ2n) is 5.00. The molecule has 0 aliphatic carbocycles. The van der Waals surface area contributed by atoms with Crippen molar-refractivity contribution in [2.75, 3.05) is 0 Å². The maximum Gasteiger partial charge on any atom is 0.185 e. The van der Waals surface area contributed by atoms with Crippen LogP contribution in [0.4, 0.5) is 0 Å². The molecule has 1 aromatic rings. The van der Waals surface area contributed by atoms with E-state index >= 15 is 0 Å². The van der Waals surface area contributed by atoms with E-state index in [1.807, 2.05) is 30.3 Å². The molecule has 2 nitrogen and oxygen atoms in total. The Morgan fingerprint density at radius 1 is 0.867 bits per heavy atom. The van der Waals surface area contributed by atoms with Gasteiger partial charge in [-0.05, 0) is 27.7 Å². The third-order valence-electron chi connectivity index (χ3n) is 3.32. The quantitative estimate of drug-likeness (QED) is 0.702. The highest BCUT2D eigenvalue weighted by atomic mass is 16.7. The lowest BCUT2D eigenvalue weighted by Crippen LogP contribution is -2.41. The fraction of sp³-hybridized carbons (Fsp3) is 0.538. The van der Waals surface area contributed by atoms with Crippen molar-refractivity contribution in [3.05, 3.63) is 35.9 Å². The predicted molar refractivity (Wildman–Crippen MR) is 59.5 cm³/mol. The summed E-state index contributed by atoms with van der Waals surface area (Å²) in [6.07, 6.45) is -0.240. The highest BCUT2D eigenvalue weighted by Gasteiger charge is 2.49. The zero-order valence-electron chi connectivity index (χ0n) is 9.78. The Labute approximate surface area is 91.2 Å². The molecule has 82 valence electrons. The van der Waals surface area contributed by atoms with Crippen LogP contribution in [-0.2, 0) is 9.47 Å². The fourth-order valence-electron chi connectivity index (χ4n) is 1.59. The van der Waals surface area contributed by atoms with E-state index in [1.54, 1.807) is 0 Å². The topological polar surface area (TPSA) is 18.5 Å². The monoisotopic (exact) mass is 206 g/mol. The fourth-order valence-corrected chi connectivity index (χ4v) is 1.59. The lowest BCUT2D eigenvalue weighted by molar-refractivity contribution is -0.0895. The molecule has 0 radical (unpaired) electrons. The van der Waals surface area contributed by atoms with Crippen molar-refractivity contribution in [1.82, 2.24) is 0 Å². The molecule has 1 aromatic carbocycles. The Morgan fingerprint density at radius 2 is 1.33 bits per heavy atom. The molecule has 1 aliphatic heterocycles. The average Bonchev–Trinajstić information content (AvgIpc) is 2.38. The smallest absolute Gasteiger partial charge is 0.185 e. The first-order chi connectivity index (χ1) is 6.92. The number of hydrogen-bond donors (Lipinski definition) is 0. The summed E-state index contributed by atoms with van der Waals surface area (Å²) < 4.78 is 11.9. The summed E-state index contributed by atoms with van der Waals surface area (Å²) in [6, 6.07) is 10.1. The zero-order chi connectivity index (χ0) is 11.1. The molecule has 0 amide bonds. The standard InChI is InChI=1S/C13H18O2/c1-12(2)13(3,4)15-11(14-12)10-8-6-5-7-9-10/h5-9,11H,1-4H3. The van der Waals surface area contributed by atoms with Gasteiger partial charge in [0.05, 0.1) is 11.2 Å². The van der Waals surface area contributed by atoms with Gasteiger partial charge >= 0.3 is 0 Å². The van der Waals surface area contributed by atoms with Crippen molar-refractivity contribution < 1.29 is 9.47 Å². The van der Waals surface area contributed by atoms with Crippen molar-refractivity contribution in [2.24, 2.45) is 0 Å². The molecule has 0 N–H and O–H groups in total. The van der Waals surface area contributed by atoms with Gasteiger partial charge in [-0.3, -0.25) is 0 Å². The number of rotatable bonds is 1. The van der Waals surface area contributed by atoms with E-state index in [-0.39, 0.29) is 17.5 Å². The normalized spacial score (nSPS) is 24.3. The summed E-state index contributed by atoms with van der Waals surface area (Å²) in [6.45, 7) is 8.26. The molecule has 2 rings (SSSR count). The second kappa shape index (κ2) is 3.32. The van der Waals surface area contributed by atoms with E-state index in [1.165, 1.54) is 0 Å². The molecule has 0 atom stereocenters. The van der Waals surface area contributed by atoms with Gasteiger partial charge < -0.3 is 9.47 Å². The Hall–Kier alpha value is -0.860. The Morgan fingerprint density at radius 3 is 1.80 bits per heavy atom. The average molecular weight is 206 g/mol. The largest absolute Gasteiger partial charge is 0.339 e. The summed E-state index contributed by atoms with van der Waals surface area (Å²) in [7, 11) is 0. The highest BCUT2D eigenvalue weighted by molar-refractivity contribution is 5.17. The van der Waals surface area contributed by atoms with Crippen LogP contribution in [0.2, 0.25) is 0 Å². The van der Waals surface area contributed by atoms with Gasteiger partial charge in [-0.25, -0.2) is 0 Å². The van der Waals surface area contributed by atoms with Gasteiger partial charge in [0.15, 0.2) is 6.29 Å². The summed E-state index contributed by atoms with van der Waals surface area (Å²) in [4.78, 5) is 0. The molecule has 1 fully saturated rings. The highest BCUT2D eigenvalue weighted by Crippen LogP contribution is 2.44. The van der Waals surface area contributed by atoms with Gasteiger partial charge in [0.2, 0.25) is 0 Å². The SMILES string of the molecule is CC1(C)OC(c2ccccc2)OC1(C)C. The molecule has 0 unspecified atom stereocenters. The van der Waals surface area contributed by atoms with Crippen LogP contribution in [0.25, 0.3) is 0 Å². The molecule has 1 aliphatic rings. The van der Waals surface area contributed by atoms with E-state index in [4.69, 9.17) is 9.47 Å². The maximum absolute atomic E-state index is 5.93. The first-order valence-electron chi connectivity index (χ1n) is 5.33. The minimum atomic E-state index is -0.256. The van der Waals surface area contributed by atoms with Crippen molar-refractivity contribution in [1.29, 1.82) is 0 Å². The van der Waals surface area contributed by atoms with Crippen molar-refractivity contribution >= 4 is 0 Å². The lowest BCUT2D eigenvalue weighted by Gasteiger charge is -2.30. The van der Waals surface area contributed by atoms with Crippen molar-refractivity contribution in [2.45, 2.75) is 45.2 Å². The molecule has 15 heavy (non-hydrogen) atoms. The Balaban J connectivity index is 2.24. The van der Waals surface area contributed by atoms with Crippen LogP contribution >= 0.6 is 0 Å². The van der Waals surface area contributed by atoms with Crippen LogP contribution in [0.15, 0.2) is 30.3 Å². The molecular formula is C13H18O2. The van der Waals surface area contributed by atoms with Crippen LogP contribution in [0.1, 0.15) is 39.5 Å². The van der Waals surface area contributed by atoms with Gasteiger partial charge in [-0.15, -0.1) is 0 Å². The minimum Gasteiger partial charge on any atom is -0.339 e. The first kappa shape index (κ1) is 10.7. The van der Waals surface area contributed by atoms with Crippen LogP contribution in [0, 0.1) is 0 Å². The van der Waals surface area contributed by atoms with E-state index in [0.29, 0.717) is 0 Å². The molecular weight excluding hydrogens is 188 g/mol. The summed E-state index contributed by atoms with van der Waals surface area (Å²) in [5.41, 5.74) is 0.567. The van der Waals surface area contributed by atoms with Crippen molar-refractivity contribution in [3.63, 3.8) is 0 Å².